The van der Waals surface area contributed by atoms with Crippen LogP contribution in [0, 0.1) is 11.8 Å². The third kappa shape index (κ3) is 16.9. The zero-order chi connectivity index (χ0) is 51.0. The Morgan fingerprint density at radius 1 is 0.603 bits per heavy atom. The molecule has 25 nitrogen and oxygen atoms in total. The molecule has 3 heterocycles. The van der Waals surface area contributed by atoms with Gasteiger partial charge in [0.1, 0.15) is 54.4 Å². The van der Waals surface area contributed by atoms with E-state index in [1.54, 1.807) is 13.8 Å². The molecule has 25 heteroatoms. The number of hydrogen-bond donors (Lipinski definition) is 11. The van der Waals surface area contributed by atoms with Gasteiger partial charge in [-0.2, -0.15) is 0 Å². The van der Waals surface area contributed by atoms with E-state index in [0.29, 0.717) is 12.8 Å². The Bertz CT molecular complexity index is 1930. The number of aliphatic carboxylic acids is 1. The van der Waals surface area contributed by atoms with Gasteiger partial charge in [-0.3, -0.25) is 57.7 Å². The molecule has 9 atom stereocenters. The van der Waals surface area contributed by atoms with E-state index in [1.165, 1.54) is 30.6 Å². The Balaban J connectivity index is 2.00. The molecule has 3 rings (SSSR count). The Morgan fingerprint density at radius 2 is 1.07 bits per heavy atom. The number of nitrogens with one attached hydrogen (secondary N) is 8. The van der Waals surface area contributed by atoms with E-state index in [0.717, 1.165) is 0 Å². The van der Waals surface area contributed by atoms with Crippen LogP contribution in [0.5, 0.6) is 0 Å². The second kappa shape index (κ2) is 26.1. The van der Waals surface area contributed by atoms with Crippen molar-refractivity contribution in [2.75, 3.05) is 26.2 Å². The molecule has 13 N–H and O–H groups in total. The van der Waals surface area contributed by atoms with E-state index in [-0.39, 0.29) is 76.0 Å². The van der Waals surface area contributed by atoms with Crippen molar-refractivity contribution in [3.63, 3.8) is 0 Å². The lowest BCUT2D eigenvalue weighted by molar-refractivity contribution is -0.148. The van der Waals surface area contributed by atoms with Crippen molar-refractivity contribution in [3.05, 3.63) is 0 Å². The number of nitrogens with zero attached hydrogens (tertiary/aromatic N) is 3. The third-order valence-corrected chi connectivity index (χ3v) is 11.6. The number of carbonyl (C=O) groups is 11. The second-order valence-corrected chi connectivity index (χ2v) is 18.4. The first-order chi connectivity index (χ1) is 31.9. The predicted molar refractivity (Wildman–Crippen MR) is 244 cm³/mol. The van der Waals surface area contributed by atoms with Gasteiger partial charge in [0.25, 0.3) is 0 Å². The van der Waals surface area contributed by atoms with Crippen LogP contribution in [0.15, 0.2) is 4.99 Å². The molecule has 3 aliphatic heterocycles. The van der Waals surface area contributed by atoms with Gasteiger partial charge in [-0.15, -0.1) is 0 Å². The van der Waals surface area contributed by atoms with E-state index in [9.17, 15) is 57.8 Å². The lowest BCUT2D eigenvalue weighted by Gasteiger charge is -2.33. The van der Waals surface area contributed by atoms with Crippen LogP contribution in [-0.4, -0.2) is 166 Å². The summed E-state index contributed by atoms with van der Waals surface area (Å²) < 4.78 is 0. The average Bonchev–Trinajstić information content (AvgIpc) is 3.95. The molecule has 0 spiro atoms. The number of nitrogens with two attached hydrogens (primary N) is 2. The lowest BCUT2D eigenvalue weighted by atomic mass is 10.0. The quantitative estimate of drug-likeness (QED) is 0.0568. The first kappa shape index (κ1) is 55.8. The molecular formula is C43H71N13O12. The Labute approximate surface area is 395 Å². The van der Waals surface area contributed by atoms with Crippen LogP contribution >= 0.6 is 0 Å². The van der Waals surface area contributed by atoms with Crippen LogP contribution in [0.3, 0.4) is 0 Å². The van der Waals surface area contributed by atoms with Crippen LogP contribution in [0.25, 0.3) is 0 Å². The minimum Gasteiger partial charge on any atom is -0.481 e. The highest BCUT2D eigenvalue weighted by Gasteiger charge is 2.44. The summed E-state index contributed by atoms with van der Waals surface area (Å²) in [5.41, 5.74) is 10.9. The highest BCUT2D eigenvalue weighted by atomic mass is 16.4. The van der Waals surface area contributed by atoms with Crippen molar-refractivity contribution in [3.8, 4) is 0 Å². The topological polar surface area (TPSA) is 375 Å². The normalized spacial score (nSPS) is 28.2. The Morgan fingerprint density at radius 3 is 1.62 bits per heavy atom. The molecule has 3 aliphatic rings. The van der Waals surface area contributed by atoms with Crippen LogP contribution < -0.4 is 54.0 Å². The molecular weight excluding hydrogens is 891 g/mol. The van der Waals surface area contributed by atoms with Gasteiger partial charge in [0.2, 0.25) is 59.1 Å². The summed E-state index contributed by atoms with van der Waals surface area (Å²) in [5.74, 6) is -9.75. The standard InChI is InChI=1S/C43H71N13O12/c1-21(2)17-27-38(64)50-25(7)41(67)56-16-10-13-31(56)42(68)55-15-9-12-30(55)40(66)52-26(11-8-14-46-43(44)45)36(62)47-20-32(57)51-29(19-33(58)59)39(65)54-28(18-22(3)4)37(63)49-23(5)34(60)48-24(6)35(61)53-27/h21-31H,8-20H2,1-7H3,(H,47,62)(H,48,60)(H,49,63)(H,50,64)(H,51,57)(H,52,66)(H,53,61)(H,54,65)(H,58,59)(H4,44,45,46)/t23-,24-,25-,26-,27-,28-,29-,30-,31+/m0/s1. The number of amides is 10. The molecule has 3 fully saturated rings. The fourth-order valence-electron chi connectivity index (χ4n) is 8.12. The number of hydrogen-bond acceptors (Lipinski definition) is 12. The summed E-state index contributed by atoms with van der Waals surface area (Å²) >= 11 is 0. The van der Waals surface area contributed by atoms with E-state index >= 15 is 0 Å². The fraction of sp³-hybridized carbons (Fsp3) is 0.721. The minimum absolute atomic E-state index is 0.0136. The van der Waals surface area contributed by atoms with E-state index in [1.807, 2.05) is 13.8 Å². The molecule has 380 valence electrons. The van der Waals surface area contributed by atoms with Crippen LogP contribution in [0.1, 0.15) is 106 Å². The van der Waals surface area contributed by atoms with Gasteiger partial charge in [-0.1, -0.05) is 27.7 Å². The average molecular weight is 962 g/mol. The van der Waals surface area contributed by atoms with Crippen molar-refractivity contribution in [2.24, 2.45) is 28.3 Å². The first-order valence-electron chi connectivity index (χ1n) is 23.2. The Kier molecular flexibility index (Phi) is 21.4. The number of carbonyl (C=O) groups excluding carboxylic acids is 10. The molecule has 68 heavy (non-hydrogen) atoms. The zero-order valence-corrected chi connectivity index (χ0v) is 40.0. The summed E-state index contributed by atoms with van der Waals surface area (Å²) in [6.45, 7) is 10.9. The maximum atomic E-state index is 14.2. The molecule has 0 aliphatic carbocycles. The molecule has 0 unspecified atom stereocenters. The van der Waals surface area contributed by atoms with Crippen molar-refractivity contribution in [2.45, 2.75) is 161 Å². The van der Waals surface area contributed by atoms with E-state index < -0.39 is 132 Å². The van der Waals surface area contributed by atoms with Crippen molar-refractivity contribution in [1.29, 1.82) is 0 Å². The molecule has 0 radical (unpaired) electrons. The highest BCUT2D eigenvalue weighted by Crippen LogP contribution is 2.26. The minimum atomic E-state index is -1.74. The van der Waals surface area contributed by atoms with Gasteiger partial charge in [0, 0.05) is 19.6 Å². The summed E-state index contributed by atoms with van der Waals surface area (Å²) in [4.78, 5) is 155. The zero-order valence-electron chi connectivity index (χ0n) is 40.0. The van der Waals surface area contributed by atoms with Crippen molar-refractivity contribution in [1.82, 2.24) is 52.3 Å². The molecule has 10 amide bonds. The Hall–Kier alpha value is -6.56. The summed E-state index contributed by atoms with van der Waals surface area (Å²) in [5, 5.41) is 29.7. The highest BCUT2D eigenvalue weighted by molar-refractivity contribution is 5.99. The van der Waals surface area contributed by atoms with Gasteiger partial charge >= 0.3 is 5.97 Å². The molecule has 0 saturated carbocycles. The summed E-state index contributed by atoms with van der Waals surface area (Å²) in [6.07, 6.45) is 0.775. The van der Waals surface area contributed by atoms with Crippen LogP contribution in [0.2, 0.25) is 0 Å². The SMILES string of the molecule is CC(C)C[C@@H]1NC(=O)[C@H](C)NC(=O)[C@H](C)NC(=O)[C@H](CC(C)C)NC(=O)[C@H](CC(=O)O)NC(=O)CNC(=O)[C@H](CCCN=C(N)N)NC(=O)[C@@H]2CCCN2C(=O)[C@H]2CCCN2C(=O)[C@H](C)NC1=O. The number of carboxylic acids is 1. The van der Waals surface area contributed by atoms with Gasteiger partial charge in [0.05, 0.1) is 13.0 Å². The smallest absolute Gasteiger partial charge is 0.305 e. The van der Waals surface area contributed by atoms with Crippen molar-refractivity contribution < 1.29 is 57.8 Å². The molecule has 0 aromatic rings. The van der Waals surface area contributed by atoms with Crippen LogP contribution in [-0.2, 0) is 52.7 Å². The van der Waals surface area contributed by atoms with Gasteiger partial charge < -0.3 is 68.9 Å². The molecule has 0 bridgehead atoms. The summed E-state index contributed by atoms with van der Waals surface area (Å²) in [6, 6.07) is -11.2. The van der Waals surface area contributed by atoms with Gasteiger partial charge in [-0.05, 0) is 84.0 Å². The largest absolute Gasteiger partial charge is 0.481 e. The second-order valence-electron chi connectivity index (χ2n) is 18.4. The van der Waals surface area contributed by atoms with Gasteiger partial charge in [0.15, 0.2) is 5.96 Å². The molecule has 0 aromatic carbocycles. The number of rotatable bonds is 10. The number of guanidine groups is 1. The first-order valence-corrected chi connectivity index (χ1v) is 23.2. The third-order valence-electron chi connectivity index (χ3n) is 11.6. The maximum Gasteiger partial charge on any atom is 0.305 e. The number of aliphatic imine (C=N–C) groups is 1. The van der Waals surface area contributed by atoms with Crippen LogP contribution in [0.4, 0.5) is 0 Å². The van der Waals surface area contributed by atoms with E-state index in [4.69, 9.17) is 11.5 Å². The summed E-state index contributed by atoms with van der Waals surface area (Å²) in [7, 11) is 0. The fourth-order valence-corrected chi connectivity index (χ4v) is 8.12. The lowest BCUT2D eigenvalue weighted by Crippen LogP contribution is -2.60. The van der Waals surface area contributed by atoms with E-state index in [2.05, 4.69) is 47.5 Å². The van der Waals surface area contributed by atoms with Gasteiger partial charge in [-0.25, -0.2) is 0 Å². The maximum absolute atomic E-state index is 14.2. The molecule has 3 saturated heterocycles. The van der Waals surface area contributed by atoms with Crippen molar-refractivity contribution >= 4 is 71.0 Å². The molecule has 0 aromatic heterocycles. The predicted octanol–water partition coefficient (Wildman–Crippen LogP) is -3.83. The number of carboxylic acid groups (broad SMARTS) is 1. The number of fused-ring (bicyclic) bond motifs is 2. The monoisotopic (exact) mass is 962 g/mol.